The van der Waals surface area contributed by atoms with E-state index in [0.29, 0.717) is 29.7 Å². The Kier molecular flexibility index (Phi) is 5.39. The van der Waals surface area contributed by atoms with Crippen molar-refractivity contribution in [3.63, 3.8) is 0 Å². The van der Waals surface area contributed by atoms with Gasteiger partial charge >= 0.3 is 0 Å². The van der Waals surface area contributed by atoms with Crippen LogP contribution in [-0.2, 0) is 24.4 Å². The number of aromatic nitrogens is 6. The molecule has 5 aromatic rings. The molecule has 9 nitrogen and oxygen atoms in total. The van der Waals surface area contributed by atoms with Crippen LogP contribution < -0.4 is 10.9 Å². The zero-order chi connectivity index (χ0) is 22.8. The molecule has 0 saturated heterocycles. The maximum atomic E-state index is 13.9. The molecule has 0 aliphatic heterocycles. The lowest BCUT2D eigenvalue weighted by Gasteiger charge is -2.08. The summed E-state index contributed by atoms with van der Waals surface area (Å²) >= 11 is 0. The zero-order valence-electron chi connectivity index (χ0n) is 17.6. The number of nitrogens with one attached hydrogen (secondary N) is 1. The number of hydrogen-bond acceptors (Lipinski definition) is 5. The molecule has 2 aromatic carbocycles. The normalized spacial score (nSPS) is 11.3. The monoisotopic (exact) mass is 445 g/mol. The predicted molar refractivity (Wildman–Crippen MR) is 120 cm³/mol. The third kappa shape index (κ3) is 4.10. The molecule has 0 radical (unpaired) electrons. The molecule has 0 atom stereocenters. The average Bonchev–Trinajstić information content (AvgIpc) is 3.42. The first-order chi connectivity index (χ1) is 16.1. The van der Waals surface area contributed by atoms with E-state index in [-0.39, 0.29) is 30.4 Å². The summed E-state index contributed by atoms with van der Waals surface area (Å²) in [6, 6.07) is 13.9. The minimum atomic E-state index is -0.375. The molecular formula is C23H20FN7O2. The number of carbonyl (C=O) groups is 1. The largest absolute Gasteiger partial charge is 0.353 e. The summed E-state index contributed by atoms with van der Waals surface area (Å²) in [4.78, 5) is 33.8. The molecule has 0 spiro atoms. The van der Waals surface area contributed by atoms with Gasteiger partial charge in [-0.1, -0.05) is 30.3 Å². The van der Waals surface area contributed by atoms with Gasteiger partial charge in [-0.05, 0) is 18.2 Å². The van der Waals surface area contributed by atoms with E-state index < -0.39 is 0 Å². The summed E-state index contributed by atoms with van der Waals surface area (Å²) in [5.74, 6) is -0.533. The van der Waals surface area contributed by atoms with Gasteiger partial charge in [-0.3, -0.25) is 14.2 Å². The predicted octanol–water partition coefficient (Wildman–Crippen LogP) is 1.95. The Morgan fingerprint density at radius 2 is 1.79 bits per heavy atom. The van der Waals surface area contributed by atoms with E-state index in [9.17, 15) is 14.0 Å². The van der Waals surface area contributed by atoms with Crippen LogP contribution in [0.15, 0.2) is 72.2 Å². The van der Waals surface area contributed by atoms with Gasteiger partial charge in [0.1, 0.15) is 24.1 Å². The minimum Gasteiger partial charge on any atom is -0.353 e. The Hall–Kier alpha value is -4.34. The van der Waals surface area contributed by atoms with E-state index in [0.717, 1.165) is 11.0 Å². The van der Waals surface area contributed by atoms with E-state index in [1.165, 1.54) is 23.2 Å². The first kappa shape index (κ1) is 20.6. The molecule has 1 amide bonds. The average molecular weight is 445 g/mol. The van der Waals surface area contributed by atoms with E-state index in [2.05, 4.69) is 20.4 Å². The Balaban J connectivity index is 1.24. The molecule has 0 bridgehead atoms. The van der Waals surface area contributed by atoms with Gasteiger partial charge in [0.2, 0.25) is 5.91 Å². The van der Waals surface area contributed by atoms with E-state index >= 15 is 0 Å². The Bertz CT molecular complexity index is 1520. The van der Waals surface area contributed by atoms with Crippen LogP contribution in [0.25, 0.3) is 22.1 Å². The van der Waals surface area contributed by atoms with Gasteiger partial charge in [0.25, 0.3) is 5.56 Å². The molecule has 10 heteroatoms. The Morgan fingerprint density at radius 3 is 2.67 bits per heavy atom. The number of hydrogen-bond donors (Lipinski definition) is 1. The van der Waals surface area contributed by atoms with Crippen molar-refractivity contribution in [2.75, 3.05) is 6.54 Å². The van der Waals surface area contributed by atoms with Crippen molar-refractivity contribution in [3.8, 4) is 0 Å². The third-order valence-corrected chi connectivity index (χ3v) is 5.41. The summed E-state index contributed by atoms with van der Waals surface area (Å²) in [7, 11) is 0. The number of nitrogens with zero attached hydrogens (tertiary/aromatic N) is 6. The number of benzene rings is 2. The summed E-state index contributed by atoms with van der Waals surface area (Å²) in [6.45, 7) is 0.907. The maximum Gasteiger partial charge on any atom is 0.264 e. The Labute approximate surface area is 187 Å². The quantitative estimate of drug-likeness (QED) is 0.413. The third-order valence-electron chi connectivity index (χ3n) is 5.41. The van der Waals surface area contributed by atoms with Crippen LogP contribution in [0.4, 0.5) is 4.39 Å². The van der Waals surface area contributed by atoms with Crippen LogP contribution in [0.3, 0.4) is 0 Å². The summed E-state index contributed by atoms with van der Waals surface area (Å²) in [6.07, 6.45) is 4.47. The SMILES string of the molecule is O=C(Cn1cnc2ccccc21)NCCn1ncc2c(=O)n(Cc3ccccc3F)cnc21. The van der Waals surface area contributed by atoms with Crippen molar-refractivity contribution >= 4 is 28.0 Å². The van der Waals surface area contributed by atoms with Crippen LogP contribution in [-0.4, -0.2) is 41.3 Å². The molecule has 0 aliphatic carbocycles. The molecule has 1 N–H and O–H groups in total. The lowest BCUT2D eigenvalue weighted by Crippen LogP contribution is -2.30. The first-order valence-electron chi connectivity index (χ1n) is 10.4. The van der Waals surface area contributed by atoms with Gasteiger partial charge in [0.05, 0.1) is 36.6 Å². The highest BCUT2D eigenvalue weighted by molar-refractivity contribution is 5.80. The van der Waals surface area contributed by atoms with Gasteiger partial charge in [0, 0.05) is 12.1 Å². The van der Waals surface area contributed by atoms with Gasteiger partial charge in [-0.25, -0.2) is 19.0 Å². The van der Waals surface area contributed by atoms with E-state index in [1.807, 2.05) is 24.3 Å². The molecule has 33 heavy (non-hydrogen) atoms. The fourth-order valence-electron chi connectivity index (χ4n) is 3.73. The lowest BCUT2D eigenvalue weighted by atomic mass is 10.2. The molecule has 5 rings (SSSR count). The molecule has 3 heterocycles. The summed E-state index contributed by atoms with van der Waals surface area (Å²) < 4.78 is 18.6. The second-order valence-electron chi connectivity index (χ2n) is 7.59. The smallest absolute Gasteiger partial charge is 0.264 e. The fraction of sp³-hybridized carbons (Fsp3) is 0.174. The molecule has 0 aliphatic rings. The molecule has 0 unspecified atom stereocenters. The fourth-order valence-corrected chi connectivity index (χ4v) is 3.73. The summed E-state index contributed by atoms with van der Waals surface area (Å²) in [5.41, 5.74) is 2.24. The van der Waals surface area contributed by atoms with Crippen molar-refractivity contribution in [1.82, 2.24) is 34.2 Å². The maximum absolute atomic E-state index is 13.9. The number of fused-ring (bicyclic) bond motifs is 2. The van der Waals surface area contributed by atoms with Crippen molar-refractivity contribution in [2.24, 2.45) is 0 Å². The number of rotatable bonds is 7. The molecule has 3 aromatic heterocycles. The highest BCUT2D eigenvalue weighted by Crippen LogP contribution is 2.12. The van der Waals surface area contributed by atoms with Gasteiger partial charge in [-0.15, -0.1) is 0 Å². The second kappa shape index (κ2) is 8.65. The second-order valence-corrected chi connectivity index (χ2v) is 7.59. The van der Waals surface area contributed by atoms with Crippen LogP contribution in [0.2, 0.25) is 0 Å². The van der Waals surface area contributed by atoms with Crippen molar-refractivity contribution in [3.05, 3.63) is 89.1 Å². The number of imidazole rings is 1. The number of para-hydroxylation sites is 2. The van der Waals surface area contributed by atoms with Crippen LogP contribution in [0, 0.1) is 5.82 Å². The van der Waals surface area contributed by atoms with Crippen LogP contribution in [0.1, 0.15) is 5.56 Å². The number of carbonyl (C=O) groups excluding carboxylic acids is 1. The minimum absolute atomic E-state index is 0.0820. The lowest BCUT2D eigenvalue weighted by molar-refractivity contribution is -0.121. The topological polar surface area (TPSA) is 99.6 Å². The van der Waals surface area contributed by atoms with Gasteiger partial charge in [-0.2, -0.15) is 5.10 Å². The Morgan fingerprint density at radius 1 is 1.00 bits per heavy atom. The molecular weight excluding hydrogens is 425 g/mol. The number of amides is 1. The van der Waals surface area contributed by atoms with Crippen molar-refractivity contribution in [2.45, 2.75) is 19.6 Å². The molecule has 166 valence electrons. The van der Waals surface area contributed by atoms with Crippen LogP contribution >= 0.6 is 0 Å². The van der Waals surface area contributed by atoms with E-state index in [4.69, 9.17) is 0 Å². The summed E-state index contributed by atoms with van der Waals surface area (Å²) in [5, 5.41) is 7.43. The highest BCUT2D eigenvalue weighted by atomic mass is 19.1. The van der Waals surface area contributed by atoms with Gasteiger partial charge in [0.15, 0.2) is 5.65 Å². The molecule has 0 saturated carbocycles. The highest BCUT2D eigenvalue weighted by Gasteiger charge is 2.12. The molecule has 0 fully saturated rings. The number of halogens is 1. The standard InChI is InChI=1S/C23H20FN7O2/c24-18-6-2-1-5-16(18)12-30-15-27-22-17(23(30)33)11-28-31(22)10-9-25-21(32)13-29-14-26-19-7-3-4-8-20(19)29/h1-8,11,14-15H,9-10,12-13H2,(H,25,32). The van der Waals surface area contributed by atoms with E-state index in [1.54, 1.807) is 33.8 Å². The van der Waals surface area contributed by atoms with Gasteiger partial charge < -0.3 is 9.88 Å². The zero-order valence-corrected chi connectivity index (χ0v) is 17.6. The van der Waals surface area contributed by atoms with Crippen molar-refractivity contribution in [1.29, 1.82) is 0 Å². The first-order valence-corrected chi connectivity index (χ1v) is 10.4. The van der Waals surface area contributed by atoms with Crippen LogP contribution in [0.5, 0.6) is 0 Å². The van der Waals surface area contributed by atoms with Crippen molar-refractivity contribution < 1.29 is 9.18 Å².